The molecule has 1 aliphatic carbocycles. The first-order valence-electron chi connectivity index (χ1n) is 12.4. The summed E-state index contributed by atoms with van der Waals surface area (Å²) < 4.78 is 6.73. The molecule has 3 N–H and O–H groups in total. The highest BCUT2D eigenvalue weighted by molar-refractivity contribution is 6.30. The zero-order valence-corrected chi connectivity index (χ0v) is 21.1. The van der Waals surface area contributed by atoms with Crippen LogP contribution in [0, 0.1) is 0 Å². The summed E-state index contributed by atoms with van der Waals surface area (Å²) >= 11 is 6.20. The van der Waals surface area contributed by atoms with E-state index >= 15 is 0 Å². The number of carboxylic acid groups (broad SMARTS) is 1. The topological polar surface area (TPSA) is 90.2 Å². The maximum Gasteiger partial charge on any atom is 0.412 e. The summed E-state index contributed by atoms with van der Waals surface area (Å²) in [6.45, 7) is 0.150. The number of aliphatic hydroxyl groups is 2. The fourth-order valence-corrected chi connectivity index (χ4v) is 6.25. The number of hydrogen-bond donors (Lipinski definition) is 3. The molecule has 0 aromatic heterocycles. The second-order valence-electron chi connectivity index (χ2n) is 9.86. The van der Waals surface area contributed by atoms with Gasteiger partial charge < -0.3 is 20.1 Å². The molecule has 1 aliphatic heterocycles. The third kappa shape index (κ3) is 3.60. The number of anilines is 1. The molecule has 1 heterocycles. The highest BCUT2D eigenvalue weighted by Gasteiger charge is 2.72. The zero-order chi connectivity index (χ0) is 26.5. The molecule has 0 radical (unpaired) electrons. The molecule has 192 valence electrons. The Morgan fingerprint density at radius 2 is 1.61 bits per heavy atom. The van der Waals surface area contributed by atoms with Gasteiger partial charge in [-0.15, -0.1) is 0 Å². The molecule has 38 heavy (non-hydrogen) atoms. The number of fused-ring (bicyclic) bond motifs is 3. The van der Waals surface area contributed by atoms with E-state index in [1.807, 2.05) is 72.8 Å². The molecule has 6 nitrogen and oxygen atoms in total. The first-order chi connectivity index (χ1) is 18.3. The van der Waals surface area contributed by atoms with E-state index in [4.69, 9.17) is 16.3 Å². The number of rotatable bonds is 5. The van der Waals surface area contributed by atoms with Gasteiger partial charge in [0.1, 0.15) is 5.75 Å². The van der Waals surface area contributed by atoms with E-state index in [1.54, 1.807) is 30.3 Å². The molecule has 4 atom stereocenters. The van der Waals surface area contributed by atoms with Crippen LogP contribution in [0.25, 0.3) is 0 Å². The molecular formula is C31H26ClNO5. The van der Waals surface area contributed by atoms with Gasteiger partial charge in [-0.3, -0.25) is 4.90 Å². The number of amides is 1. The molecule has 0 saturated heterocycles. The van der Waals surface area contributed by atoms with Gasteiger partial charge in [-0.2, -0.15) is 0 Å². The van der Waals surface area contributed by atoms with Gasteiger partial charge in [-0.1, -0.05) is 90.5 Å². The van der Waals surface area contributed by atoms with Gasteiger partial charge >= 0.3 is 6.09 Å². The minimum atomic E-state index is -1.78. The quantitative estimate of drug-likeness (QED) is 0.294. The van der Waals surface area contributed by atoms with E-state index in [2.05, 4.69) is 0 Å². The molecule has 2 aliphatic rings. The van der Waals surface area contributed by atoms with E-state index in [0.717, 1.165) is 11.1 Å². The van der Waals surface area contributed by atoms with Crippen LogP contribution >= 0.6 is 11.6 Å². The number of ether oxygens (including phenoxy) is 1. The Bertz CT molecular complexity index is 1480. The molecule has 6 rings (SSSR count). The molecule has 1 amide bonds. The van der Waals surface area contributed by atoms with Crippen LogP contribution in [-0.2, 0) is 17.7 Å². The highest BCUT2D eigenvalue weighted by atomic mass is 35.5. The smallest absolute Gasteiger partial charge is 0.412 e. The minimum Gasteiger partial charge on any atom is -0.478 e. The lowest BCUT2D eigenvalue weighted by atomic mass is 9.71. The summed E-state index contributed by atoms with van der Waals surface area (Å²) in [4.78, 5) is 13.5. The van der Waals surface area contributed by atoms with Gasteiger partial charge in [0.25, 0.3) is 0 Å². The average molecular weight is 528 g/mol. The van der Waals surface area contributed by atoms with Crippen molar-refractivity contribution in [1.82, 2.24) is 0 Å². The normalized spacial score (nSPS) is 25.3. The second-order valence-corrected chi connectivity index (χ2v) is 10.3. The fraction of sp³-hybridized carbons (Fsp3) is 0.194. The number of halogens is 1. The van der Waals surface area contributed by atoms with Crippen LogP contribution < -0.4 is 9.64 Å². The first kappa shape index (κ1) is 24.5. The second kappa shape index (κ2) is 9.17. The van der Waals surface area contributed by atoms with E-state index in [-0.39, 0.29) is 18.9 Å². The Labute approximate surface area is 225 Å². The molecule has 0 spiro atoms. The van der Waals surface area contributed by atoms with Crippen molar-refractivity contribution >= 4 is 23.4 Å². The molecule has 1 saturated carbocycles. The summed E-state index contributed by atoms with van der Waals surface area (Å²) in [5, 5.41) is 34.4. The molecular weight excluding hydrogens is 502 g/mol. The van der Waals surface area contributed by atoms with E-state index in [9.17, 15) is 20.1 Å². The van der Waals surface area contributed by atoms with Crippen LogP contribution in [0.2, 0.25) is 5.02 Å². The minimum absolute atomic E-state index is 0.150. The summed E-state index contributed by atoms with van der Waals surface area (Å²) in [5.74, 6) is -0.0560. The van der Waals surface area contributed by atoms with Gasteiger partial charge in [-0.25, -0.2) is 4.79 Å². The molecule has 1 fully saturated rings. The molecule has 4 aromatic carbocycles. The third-order valence-electron chi connectivity index (χ3n) is 7.85. The lowest BCUT2D eigenvalue weighted by Gasteiger charge is -2.40. The zero-order valence-electron chi connectivity index (χ0n) is 20.4. The summed E-state index contributed by atoms with van der Waals surface area (Å²) in [6.07, 6.45) is -1.96. The van der Waals surface area contributed by atoms with Crippen molar-refractivity contribution in [3.63, 3.8) is 0 Å². The predicted octanol–water partition coefficient (Wildman–Crippen LogP) is 6.05. The molecule has 7 heteroatoms. The monoisotopic (exact) mass is 527 g/mol. The van der Waals surface area contributed by atoms with Crippen molar-refractivity contribution in [2.45, 2.75) is 36.2 Å². The Morgan fingerprint density at radius 1 is 0.947 bits per heavy atom. The first-order valence-corrected chi connectivity index (χ1v) is 12.8. The summed E-state index contributed by atoms with van der Waals surface area (Å²) in [7, 11) is 0. The Balaban J connectivity index is 1.50. The molecule has 0 bridgehead atoms. The number of hydrogen-bond acceptors (Lipinski definition) is 4. The van der Waals surface area contributed by atoms with Gasteiger partial charge in [0, 0.05) is 22.6 Å². The number of carbonyl (C=O) groups is 1. The van der Waals surface area contributed by atoms with Crippen LogP contribution in [-0.4, -0.2) is 27.5 Å². The van der Waals surface area contributed by atoms with Crippen LogP contribution in [0.4, 0.5) is 10.5 Å². The van der Waals surface area contributed by atoms with Crippen molar-refractivity contribution in [2.24, 2.45) is 0 Å². The largest absolute Gasteiger partial charge is 0.478 e. The van der Waals surface area contributed by atoms with Crippen LogP contribution in [0.5, 0.6) is 5.75 Å². The Kier molecular flexibility index (Phi) is 5.91. The van der Waals surface area contributed by atoms with Crippen molar-refractivity contribution in [3.8, 4) is 5.75 Å². The van der Waals surface area contributed by atoms with Crippen molar-refractivity contribution in [3.05, 3.63) is 130 Å². The maximum absolute atomic E-state index is 12.4. The lowest BCUT2D eigenvalue weighted by Crippen LogP contribution is -2.51. The Morgan fingerprint density at radius 3 is 2.26 bits per heavy atom. The van der Waals surface area contributed by atoms with Gasteiger partial charge in [0.05, 0.1) is 18.3 Å². The number of nitrogens with zero attached hydrogens (tertiary/aromatic N) is 1. The van der Waals surface area contributed by atoms with Crippen molar-refractivity contribution in [2.75, 3.05) is 4.90 Å². The van der Waals surface area contributed by atoms with E-state index in [1.165, 1.54) is 4.90 Å². The molecule has 4 aromatic rings. The van der Waals surface area contributed by atoms with E-state index in [0.29, 0.717) is 27.6 Å². The van der Waals surface area contributed by atoms with Gasteiger partial charge in [-0.05, 0) is 41.3 Å². The lowest BCUT2D eigenvalue weighted by molar-refractivity contribution is -0.149. The third-order valence-corrected chi connectivity index (χ3v) is 8.10. The molecule has 0 unspecified atom stereocenters. The number of aliphatic hydroxyl groups excluding tert-OH is 1. The highest BCUT2D eigenvalue weighted by Crippen LogP contribution is 2.66. The standard InChI is InChI=1S/C31H26ClNO5/c32-23-13-11-22(12-14-23)31-26(21-9-5-2-6-10-21)18-28(34)30(31,37)25-16-15-24(17-27(25)38-31)33(29(35)36)19-20-7-3-1-4-8-20/h1-17,26,28,34,37H,18-19H2,(H,35,36)/t26-,28-,30-,31-/m0/s1. The van der Waals surface area contributed by atoms with Crippen LogP contribution in [0.15, 0.2) is 103 Å². The van der Waals surface area contributed by atoms with Gasteiger partial charge in [0.2, 0.25) is 0 Å². The van der Waals surface area contributed by atoms with Crippen LogP contribution in [0.1, 0.15) is 34.6 Å². The maximum atomic E-state index is 12.4. The SMILES string of the molecule is O=C(O)N(Cc1ccccc1)c1ccc2c(c1)O[C@@]1(c3ccc(Cl)cc3)[C@H](c3ccccc3)C[C@H](O)[C@@]21O. The predicted molar refractivity (Wildman–Crippen MR) is 145 cm³/mol. The van der Waals surface area contributed by atoms with Crippen LogP contribution in [0.3, 0.4) is 0 Å². The number of benzene rings is 4. The van der Waals surface area contributed by atoms with Crippen molar-refractivity contribution in [1.29, 1.82) is 0 Å². The Hall–Kier alpha value is -3.84. The van der Waals surface area contributed by atoms with Gasteiger partial charge in [0.15, 0.2) is 11.2 Å². The fourth-order valence-electron chi connectivity index (χ4n) is 6.12. The van der Waals surface area contributed by atoms with E-state index < -0.39 is 23.4 Å². The summed E-state index contributed by atoms with van der Waals surface area (Å²) in [5.41, 5.74) is 0.126. The van der Waals surface area contributed by atoms with Crippen molar-refractivity contribution < 1.29 is 24.9 Å². The average Bonchev–Trinajstić information content (AvgIpc) is 3.33. The summed E-state index contributed by atoms with van der Waals surface area (Å²) in [6, 6.07) is 31.1.